The number of nitrogens with one attached hydrogen (secondary N) is 1. The predicted molar refractivity (Wildman–Crippen MR) is 77.2 cm³/mol. The van der Waals surface area contributed by atoms with Crippen molar-refractivity contribution in [3.63, 3.8) is 0 Å². The van der Waals surface area contributed by atoms with Crippen LogP contribution >= 0.6 is 0 Å². The highest BCUT2D eigenvalue weighted by molar-refractivity contribution is 5.18. The summed E-state index contributed by atoms with van der Waals surface area (Å²) in [6, 6.07) is 12.6. The molecule has 1 heterocycles. The van der Waals surface area contributed by atoms with Gasteiger partial charge in [0.2, 0.25) is 5.88 Å². The fourth-order valence-electron chi connectivity index (χ4n) is 1.99. The highest BCUT2D eigenvalue weighted by Gasteiger charge is 2.05. The third kappa shape index (κ3) is 4.31. The van der Waals surface area contributed by atoms with Crippen LogP contribution in [0.2, 0.25) is 0 Å². The van der Waals surface area contributed by atoms with Gasteiger partial charge in [-0.05, 0) is 37.1 Å². The Morgan fingerprint density at radius 1 is 1.20 bits per heavy atom. The third-order valence-electron chi connectivity index (χ3n) is 3.08. The van der Waals surface area contributed by atoms with E-state index in [9.17, 15) is 4.39 Å². The number of pyridine rings is 1. The minimum Gasteiger partial charge on any atom is -0.481 e. The van der Waals surface area contributed by atoms with Gasteiger partial charge in [-0.3, -0.25) is 0 Å². The van der Waals surface area contributed by atoms with E-state index in [1.165, 1.54) is 12.1 Å². The van der Waals surface area contributed by atoms with Gasteiger partial charge in [-0.15, -0.1) is 0 Å². The molecule has 0 bridgehead atoms. The molecule has 0 aliphatic heterocycles. The average Bonchev–Trinajstić information content (AvgIpc) is 2.48. The molecule has 1 aromatic carbocycles. The van der Waals surface area contributed by atoms with Crippen molar-refractivity contribution >= 4 is 0 Å². The van der Waals surface area contributed by atoms with Crippen LogP contribution in [0.15, 0.2) is 42.5 Å². The lowest BCUT2D eigenvalue weighted by molar-refractivity contribution is 0.395. The normalized spacial score (nSPS) is 12.2. The van der Waals surface area contributed by atoms with Crippen LogP contribution in [0.3, 0.4) is 0 Å². The Labute approximate surface area is 118 Å². The molecule has 1 atom stereocenters. The molecule has 1 N–H and O–H groups in total. The van der Waals surface area contributed by atoms with Crippen molar-refractivity contribution in [3.05, 3.63) is 59.5 Å². The van der Waals surface area contributed by atoms with Gasteiger partial charge in [0.25, 0.3) is 0 Å². The maximum atomic E-state index is 12.8. The first kappa shape index (κ1) is 14.5. The molecule has 0 radical (unpaired) electrons. The van der Waals surface area contributed by atoms with Gasteiger partial charge in [0.05, 0.1) is 12.8 Å². The van der Waals surface area contributed by atoms with Crippen LogP contribution in [0, 0.1) is 5.82 Å². The van der Waals surface area contributed by atoms with Crippen molar-refractivity contribution in [1.82, 2.24) is 10.3 Å². The number of methoxy groups -OCH3 is 1. The molecule has 0 amide bonds. The Balaban J connectivity index is 1.85. The topological polar surface area (TPSA) is 34.1 Å². The van der Waals surface area contributed by atoms with Crippen LogP contribution in [-0.4, -0.2) is 18.1 Å². The molecule has 4 heteroatoms. The quantitative estimate of drug-likeness (QED) is 0.879. The van der Waals surface area contributed by atoms with Crippen molar-refractivity contribution in [2.45, 2.75) is 25.9 Å². The third-order valence-corrected chi connectivity index (χ3v) is 3.08. The van der Waals surface area contributed by atoms with E-state index in [-0.39, 0.29) is 11.9 Å². The Morgan fingerprint density at radius 3 is 2.65 bits per heavy atom. The number of hydrogen-bond donors (Lipinski definition) is 1. The van der Waals surface area contributed by atoms with Gasteiger partial charge in [0.15, 0.2) is 0 Å². The summed E-state index contributed by atoms with van der Waals surface area (Å²) >= 11 is 0. The lowest BCUT2D eigenvalue weighted by Crippen LogP contribution is -2.27. The standard InChI is InChI=1S/C16H19FN2O/c1-12(10-13-6-8-14(17)9-7-13)18-11-15-4-3-5-16(19-15)20-2/h3-9,12,18H,10-11H2,1-2H3. The molecule has 3 nitrogen and oxygen atoms in total. The number of benzene rings is 1. The minimum atomic E-state index is -0.199. The van der Waals surface area contributed by atoms with E-state index >= 15 is 0 Å². The molecule has 0 aliphatic rings. The molecule has 1 unspecified atom stereocenters. The van der Waals surface area contributed by atoms with E-state index in [4.69, 9.17) is 4.74 Å². The first-order valence-electron chi connectivity index (χ1n) is 6.65. The van der Waals surface area contributed by atoms with Crippen molar-refractivity contribution in [2.24, 2.45) is 0 Å². The molecule has 0 fully saturated rings. The monoisotopic (exact) mass is 274 g/mol. The Hall–Kier alpha value is -1.94. The molecule has 2 aromatic rings. The smallest absolute Gasteiger partial charge is 0.213 e. The number of hydrogen-bond acceptors (Lipinski definition) is 3. The van der Waals surface area contributed by atoms with Crippen LogP contribution < -0.4 is 10.1 Å². The Kier molecular flexibility index (Phi) is 5.07. The van der Waals surface area contributed by atoms with E-state index < -0.39 is 0 Å². The summed E-state index contributed by atoms with van der Waals surface area (Å²) in [5, 5.41) is 3.40. The molecule has 20 heavy (non-hydrogen) atoms. The molecule has 0 aliphatic carbocycles. The summed E-state index contributed by atoms with van der Waals surface area (Å²) in [6.45, 7) is 2.78. The molecule has 1 aromatic heterocycles. The van der Waals surface area contributed by atoms with Crippen molar-refractivity contribution in [2.75, 3.05) is 7.11 Å². The second kappa shape index (κ2) is 7.01. The number of nitrogens with zero attached hydrogens (tertiary/aromatic N) is 1. The average molecular weight is 274 g/mol. The highest BCUT2D eigenvalue weighted by Crippen LogP contribution is 2.08. The summed E-state index contributed by atoms with van der Waals surface area (Å²) in [5.41, 5.74) is 2.06. The van der Waals surface area contributed by atoms with Gasteiger partial charge >= 0.3 is 0 Å². The van der Waals surface area contributed by atoms with Gasteiger partial charge in [-0.25, -0.2) is 9.37 Å². The summed E-state index contributed by atoms with van der Waals surface area (Å²) < 4.78 is 17.9. The van der Waals surface area contributed by atoms with Crippen LogP contribution in [0.5, 0.6) is 5.88 Å². The zero-order chi connectivity index (χ0) is 14.4. The maximum Gasteiger partial charge on any atom is 0.213 e. The second-order valence-corrected chi connectivity index (χ2v) is 4.78. The van der Waals surface area contributed by atoms with Gasteiger partial charge in [-0.2, -0.15) is 0 Å². The summed E-state index contributed by atoms with van der Waals surface area (Å²) in [5.74, 6) is 0.422. The molecule has 0 saturated heterocycles. The Morgan fingerprint density at radius 2 is 1.95 bits per heavy atom. The largest absolute Gasteiger partial charge is 0.481 e. The van der Waals surface area contributed by atoms with Crippen LogP contribution in [0.1, 0.15) is 18.2 Å². The number of rotatable bonds is 6. The maximum absolute atomic E-state index is 12.8. The molecular formula is C16H19FN2O. The Bertz CT molecular complexity index is 542. The van der Waals surface area contributed by atoms with Gasteiger partial charge in [-0.1, -0.05) is 18.2 Å². The number of aromatic nitrogens is 1. The van der Waals surface area contributed by atoms with Crippen molar-refractivity contribution < 1.29 is 9.13 Å². The van der Waals surface area contributed by atoms with E-state index in [2.05, 4.69) is 17.2 Å². The van der Waals surface area contributed by atoms with Gasteiger partial charge in [0.1, 0.15) is 5.82 Å². The van der Waals surface area contributed by atoms with Gasteiger partial charge < -0.3 is 10.1 Å². The zero-order valence-corrected chi connectivity index (χ0v) is 11.8. The van der Waals surface area contributed by atoms with Gasteiger partial charge in [0, 0.05) is 18.7 Å². The lowest BCUT2D eigenvalue weighted by atomic mass is 10.1. The van der Waals surface area contributed by atoms with E-state index in [0.717, 1.165) is 17.7 Å². The molecule has 0 spiro atoms. The summed E-state index contributed by atoms with van der Waals surface area (Å²) in [6.07, 6.45) is 0.851. The van der Waals surface area contributed by atoms with Crippen LogP contribution in [-0.2, 0) is 13.0 Å². The van der Waals surface area contributed by atoms with E-state index in [0.29, 0.717) is 12.4 Å². The minimum absolute atomic E-state index is 0.199. The van der Waals surface area contributed by atoms with Crippen LogP contribution in [0.25, 0.3) is 0 Å². The van der Waals surface area contributed by atoms with Crippen molar-refractivity contribution in [1.29, 1.82) is 0 Å². The fourth-order valence-corrected chi connectivity index (χ4v) is 1.99. The summed E-state index contributed by atoms with van der Waals surface area (Å²) in [7, 11) is 1.61. The first-order valence-corrected chi connectivity index (χ1v) is 6.65. The predicted octanol–water partition coefficient (Wildman–Crippen LogP) is 2.95. The number of ether oxygens (including phenoxy) is 1. The molecule has 2 rings (SSSR count). The van der Waals surface area contributed by atoms with E-state index in [1.54, 1.807) is 7.11 Å². The molecule has 106 valence electrons. The molecular weight excluding hydrogens is 255 g/mol. The van der Waals surface area contributed by atoms with Crippen LogP contribution in [0.4, 0.5) is 4.39 Å². The SMILES string of the molecule is COc1cccc(CNC(C)Cc2ccc(F)cc2)n1. The fraction of sp³-hybridized carbons (Fsp3) is 0.312. The summed E-state index contributed by atoms with van der Waals surface area (Å²) in [4.78, 5) is 4.35. The second-order valence-electron chi connectivity index (χ2n) is 4.78. The molecule has 0 saturated carbocycles. The van der Waals surface area contributed by atoms with Crippen molar-refractivity contribution in [3.8, 4) is 5.88 Å². The van der Waals surface area contributed by atoms with E-state index in [1.807, 2.05) is 30.3 Å². The lowest BCUT2D eigenvalue weighted by Gasteiger charge is -2.14. The zero-order valence-electron chi connectivity index (χ0n) is 11.8. The first-order chi connectivity index (χ1) is 9.67. The highest BCUT2D eigenvalue weighted by atomic mass is 19.1. The number of halogens is 1.